The lowest BCUT2D eigenvalue weighted by Gasteiger charge is -2.37. The molecule has 1 aromatic carbocycles. The van der Waals surface area contributed by atoms with Gasteiger partial charge in [0.15, 0.2) is 0 Å². The van der Waals surface area contributed by atoms with Crippen LogP contribution in [0.15, 0.2) is 42.5 Å². The summed E-state index contributed by atoms with van der Waals surface area (Å²) in [7, 11) is 1.70. The minimum absolute atomic E-state index is 0.0243. The maximum absolute atomic E-state index is 13.8. The molecule has 1 aromatic heterocycles. The van der Waals surface area contributed by atoms with Gasteiger partial charge in [-0.3, -0.25) is 14.6 Å². The zero-order chi connectivity index (χ0) is 22.3. The molecule has 0 spiro atoms. The quantitative estimate of drug-likeness (QED) is 0.611. The molecule has 2 aliphatic rings. The highest BCUT2D eigenvalue weighted by Gasteiger charge is 2.28. The van der Waals surface area contributed by atoms with Gasteiger partial charge in [0.25, 0.3) is 0 Å². The highest BCUT2D eigenvalue weighted by atomic mass is 19.1. The maximum Gasteiger partial charge on any atom is 0.231 e. The number of rotatable bonds is 7. The van der Waals surface area contributed by atoms with E-state index in [1.54, 1.807) is 24.1 Å². The Morgan fingerprint density at radius 1 is 1.06 bits per heavy atom. The van der Waals surface area contributed by atoms with Crippen LogP contribution >= 0.6 is 0 Å². The Balaban J connectivity index is 1.38. The van der Waals surface area contributed by atoms with Gasteiger partial charge in [0, 0.05) is 45.2 Å². The molecule has 2 heterocycles. The summed E-state index contributed by atoms with van der Waals surface area (Å²) in [6.45, 7) is 4.88. The van der Waals surface area contributed by atoms with E-state index in [0.717, 1.165) is 69.8 Å². The lowest BCUT2D eigenvalue weighted by Crippen LogP contribution is -2.50. The molecule has 172 valence electrons. The first-order chi connectivity index (χ1) is 15.7. The van der Waals surface area contributed by atoms with Gasteiger partial charge in [0.05, 0.1) is 12.8 Å². The third-order valence-corrected chi connectivity index (χ3v) is 6.64. The largest absolute Gasteiger partial charge is 0.495 e. The number of ether oxygens (including phenoxy) is 1. The van der Waals surface area contributed by atoms with Gasteiger partial charge < -0.3 is 9.64 Å². The molecule has 0 bridgehead atoms. The van der Waals surface area contributed by atoms with Gasteiger partial charge in [-0.05, 0) is 37.1 Å². The predicted molar refractivity (Wildman–Crippen MR) is 125 cm³/mol. The van der Waals surface area contributed by atoms with Gasteiger partial charge in [-0.25, -0.2) is 4.98 Å². The van der Waals surface area contributed by atoms with Crippen molar-refractivity contribution in [3.05, 3.63) is 48.4 Å². The summed E-state index contributed by atoms with van der Waals surface area (Å²) in [4.78, 5) is 23.8. The molecule has 0 unspecified atom stereocenters. The number of benzene rings is 1. The van der Waals surface area contributed by atoms with E-state index in [2.05, 4.69) is 20.9 Å². The molecular formula is C25H33FN4O2. The third kappa shape index (κ3) is 5.38. The second-order valence-electron chi connectivity index (χ2n) is 8.64. The van der Waals surface area contributed by atoms with Crippen molar-refractivity contribution >= 4 is 17.4 Å². The van der Waals surface area contributed by atoms with Crippen LogP contribution in [0, 0.1) is 11.9 Å². The molecule has 1 aliphatic carbocycles. The van der Waals surface area contributed by atoms with Gasteiger partial charge in [-0.2, -0.15) is 4.39 Å². The molecule has 6 nitrogen and oxygen atoms in total. The van der Waals surface area contributed by atoms with Crippen molar-refractivity contribution < 1.29 is 13.9 Å². The van der Waals surface area contributed by atoms with Crippen LogP contribution in [0.25, 0.3) is 0 Å². The van der Waals surface area contributed by atoms with Gasteiger partial charge >= 0.3 is 0 Å². The van der Waals surface area contributed by atoms with E-state index in [1.807, 2.05) is 18.2 Å². The zero-order valence-corrected chi connectivity index (χ0v) is 18.9. The fourth-order valence-corrected chi connectivity index (χ4v) is 4.80. The number of anilines is 2. The molecule has 2 aromatic rings. The molecule has 1 saturated heterocycles. The Kier molecular flexibility index (Phi) is 7.58. The molecule has 1 amide bonds. The number of para-hydroxylation sites is 2. The zero-order valence-electron chi connectivity index (χ0n) is 18.9. The summed E-state index contributed by atoms with van der Waals surface area (Å²) in [5, 5.41) is 0. The number of pyridine rings is 1. The molecular weight excluding hydrogens is 406 g/mol. The van der Waals surface area contributed by atoms with Crippen molar-refractivity contribution in [3.63, 3.8) is 0 Å². The fourth-order valence-electron chi connectivity index (χ4n) is 4.80. The van der Waals surface area contributed by atoms with E-state index in [0.29, 0.717) is 12.4 Å². The number of methoxy groups -OCH3 is 1. The van der Waals surface area contributed by atoms with Crippen LogP contribution in [0.5, 0.6) is 5.75 Å². The molecule has 0 radical (unpaired) electrons. The fraction of sp³-hybridized carbons (Fsp3) is 0.520. The highest BCUT2D eigenvalue weighted by Crippen LogP contribution is 2.29. The first-order valence-electron chi connectivity index (χ1n) is 11.7. The van der Waals surface area contributed by atoms with E-state index < -0.39 is 5.95 Å². The molecule has 1 aliphatic heterocycles. The number of amides is 1. The number of hydrogen-bond acceptors (Lipinski definition) is 5. The minimum atomic E-state index is -0.547. The number of carbonyl (C=O) groups is 1. The summed E-state index contributed by atoms with van der Waals surface area (Å²) in [5.74, 6) is 0.886. The minimum Gasteiger partial charge on any atom is -0.495 e. The summed E-state index contributed by atoms with van der Waals surface area (Å²) in [6, 6.07) is 12.8. The number of hydrogen-bond donors (Lipinski definition) is 0. The van der Waals surface area contributed by atoms with Crippen molar-refractivity contribution in [2.75, 3.05) is 56.2 Å². The molecule has 7 heteroatoms. The smallest absolute Gasteiger partial charge is 0.231 e. The Morgan fingerprint density at radius 3 is 2.53 bits per heavy atom. The number of piperazine rings is 1. The van der Waals surface area contributed by atoms with Crippen LogP contribution < -0.4 is 14.5 Å². The summed E-state index contributed by atoms with van der Waals surface area (Å²) < 4.78 is 19.3. The Bertz CT molecular complexity index is 895. The van der Waals surface area contributed by atoms with E-state index in [9.17, 15) is 9.18 Å². The monoisotopic (exact) mass is 439 g/mol. The third-order valence-electron chi connectivity index (χ3n) is 6.64. The van der Waals surface area contributed by atoms with Crippen molar-refractivity contribution in [2.45, 2.75) is 32.1 Å². The van der Waals surface area contributed by atoms with Gasteiger partial charge in [0.2, 0.25) is 11.9 Å². The standard InChI is InChI=1S/C25H33FN4O2/c1-32-22-11-6-5-10-21(22)29-17-14-28(15-18-29)16-19-30(24-13-7-12-23(26)27-24)25(31)20-8-3-2-4-9-20/h5-7,10-13,20H,2-4,8-9,14-19H2,1H3/i25-1. The van der Waals surface area contributed by atoms with Gasteiger partial charge in [0.1, 0.15) is 11.6 Å². The van der Waals surface area contributed by atoms with Crippen molar-refractivity contribution in [3.8, 4) is 5.75 Å². The average molecular weight is 440 g/mol. The van der Waals surface area contributed by atoms with Crippen molar-refractivity contribution in [2.24, 2.45) is 5.92 Å². The van der Waals surface area contributed by atoms with Crippen LogP contribution in [0.1, 0.15) is 32.1 Å². The Morgan fingerprint density at radius 2 is 1.81 bits per heavy atom. The lowest BCUT2D eigenvalue weighted by atomic mass is 9.70. The lowest BCUT2D eigenvalue weighted by molar-refractivity contribution is -0.123. The second-order valence-corrected chi connectivity index (χ2v) is 8.64. The van der Waals surface area contributed by atoms with Crippen LogP contribution in [-0.4, -0.2) is 62.2 Å². The summed E-state index contributed by atoms with van der Waals surface area (Å²) >= 11 is 0. The Hall–Kier alpha value is -2.67. The van der Waals surface area contributed by atoms with E-state index in [4.69, 9.17) is 4.74 Å². The van der Waals surface area contributed by atoms with Gasteiger partial charge in [-0.15, -0.1) is 0 Å². The molecule has 2 fully saturated rings. The summed E-state index contributed by atoms with van der Waals surface area (Å²) in [5.41, 5.74) is 1.12. The first kappa shape index (κ1) is 22.5. The van der Waals surface area contributed by atoms with Crippen LogP contribution in [-0.2, 0) is 4.79 Å². The molecule has 32 heavy (non-hydrogen) atoms. The molecule has 0 atom stereocenters. The highest BCUT2D eigenvalue weighted by molar-refractivity contribution is 5.94. The number of carbonyl (C=O) groups excluding carboxylic acids is 1. The van der Waals surface area contributed by atoms with Gasteiger partial charge in [-0.1, -0.05) is 37.5 Å². The maximum atomic E-state index is 13.8. The van der Waals surface area contributed by atoms with E-state index >= 15 is 0 Å². The van der Waals surface area contributed by atoms with E-state index in [1.165, 1.54) is 12.5 Å². The summed E-state index contributed by atoms with van der Waals surface area (Å²) in [6.07, 6.45) is 5.21. The molecule has 4 rings (SSSR count). The topological polar surface area (TPSA) is 48.9 Å². The van der Waals surface area contributed by atoms with Crippen LogP contribution in [0.2, 0.25) is 0 Å². The van der Waals surface area contributed by atoms with Crippen molar-refractivity contribution in [1.82, 2.24) is 9.88 Å². The second kappa shape index (κ2) is 10.8. The average Bonchev–Trinajstić information content (AvgIpc) is 2.85. The SMILES string of the molecule is COc1ccccc1N1CCN(CCN(c2cccc(F)n2)[11C](=O)C2CCCCC2)CC1. The molecule has 1 saturated carbocycles. The first-order valence-corrected chi connectivity index (χ1v) is 11.7. The van der Waals surface area contributed by atoms with Crippen LogP contribution in [0.3, 0.4) is 0 Å². The number of aromatic nitrogens is 1. The Labute approximate surface area is 190 Å². The molecule has 0 N–H and O–H groups in total. The number of halogens is 1. The number of nitrogens with zero attached hydrogens (tertiary/aromatic N) is 4. The van der Waals surface area contributed by atoms with E-state index in [-0.39, 0.29) is 11.8 Å². The van der Waals surface area contributed by atoms with Crippen LogP contribution in [0.4, 0.5) is 15.9 Å². The predicted octanol–water partition coefficient (Wildman–Crippen LogP) is 3.96. The normalized spacial score (nSPS) is 17.9. The van der Waals surface area contributed by atoms with Crippen molar-refractivity contribution in [1.29, 1.82) is 0 Å².